The van der Waals surface area contributed by atoms with E-state index >= 15 is 0 Å². The minimum atomic E-state index is -0.952. The molecule has 0 aliphatic heterocycles. The summed E-state index contributed by atoms with van der Waals surface area (Å²) in [5.74, 6) is -1.05. The van der Waals surface area contributed by atoms with E-state index in [1.807, 2.05) is 44.2 Å². The van der Waals surface area contributed by atoms with Gasteiger partial charge in [-0.15, -0.1) is 0 Å². The number of carbonyl (C=O) groups excluding carboxylic acids is 1. The van der Waals surface area contributed by atoms with Crippen LogP contribution in [0.1, 0.15) is 39.7 Å². The molecule has 20 heavy (non-hydrogen) atoms. The van der Waals surface area contributed by atoms with Crippen molar-refractivity contribution in [2.45, 2.75) is 39.5 Å². The van der Waals surface area contributed by atoms with Gasteiger partial charge in [0, 0.05) is 13.0 Å². The summed E-state index contributed by atoms with van der Waals surface area (Å²) in [6.07, 6.45) is 0.326. The predicted molar refractivity (Wildman–Crippen MR) is 78.5 cm³/mol. The minimum absolute atomic E-state index is 0.131. The maximum absolute atomic E-state index is 12.0. The lowest BCUT2D eigenvalue weighted by Crippen LogP contribution is -2.40. The zero-order valence-corrected chi connectivity index (χ0v) is 12.6. The van der Waals surface area contributed by atoms with Crippen molar-refractivity contribution < 1.29 is 14.7 Å². The Morgan fingerprint density at radius 2 is 1.65 bits per heavy atom. The monoisotopic (exact) mass is 277 g/mol. The van der Waals surface area contributed by atoms with Crippen LogP contribution in [-0.4, -0.2) is 23.5 Å². The van der Waals surface area contributed by atoms with Crippen LogP contribution in [-0.2, 0) is 15.0 Å². The van der Waals surface area contributed by atoms with Gasteiger partial charge in [-0.25, -0.2) is 0 Å². The lowest BCUT2D eigenvalue weighted by atomic mass is 9.81. The Bertz CT molecular complexity index is 478. The normalized spacial score (nSPS) is 12.0. The molecule has 0 radical (unpaired) electrons. The lowest BCUT2D eigenvalue weighted by Gasteiger charge is -2.26. The van der Waals surface area contributed by atoms with Crippen molar-refractivity contribution >= 4 is 11.9 Å². The van der Waals surface area contributed by atoms with Crippen LogP contribution in [0.2, 0.25) is 0 Å². The van der Waals surface area contributed by atoms with Crippen LogP contribution in [0.4, 0.5) is 0 Å². The highest BCUT2D eigenvalue weighted by molar-refractivity contribution is 5.79. The topological polar surface area (TPSA) is 66.4 Å². The maximum atomic E-state index is 12.0. The van der Waals surface area contributed by atoms with Gasteiger partial charge in [0.05, 0.1) is 5.41 Å². The summed E-state index contributed by atoms with van der Waals surface area (Å²) < 4.78 is 0. The molecule has 0 aliphatic carbocycles. The number of carboxylic acid groups (broad SMARTS) is 1. The van der Waals surface area contributed by atoms with Crippen LogP contribution >= 0.6 is 0 Å². The van der Waals surface area contributed by atoms with E-state index in [0.29, 0.717) is 6.42 Å². The van der Waals surface area contributed by atoms with E-state index in [0.717, 1.165) is 5.56 Å². The second kappa shape index (κ2) is 6.07. The van der Waals surface area contributed by atoms with Crippen LogP contribution in [0.5, 0.6) is 0 Å². The Morgan fingerprint density at radius 1 is 1.10 bits per heavy atom. The third-order valence-electron chi connectivity index (χ3n) is 3.46. The number of amides is 1. The highest BCUT2D eigenvalue weighted by Gasteiger charge is 2.29. The molecule has 0 bridgehead atoms. The number of benzene rings is 1. The molecule has 1 aromatic carbocycles. The fraction of sp³-hybridized carbons (Fsp3) is 0.500. The zero-order chi connectivity index (χ0) is 15.4. The Morgan fingerprint density at radius 3 is 2.15 bits per heavy atom. The van der Waals surface area contributed by atoms with Crippen LogP contribution in [0, 0.1) is 5.41 Å². The molecule has 110 valence electrons. The van der Waals surface area contributed by atoms with Crippen molar-refractivity contribution in [3.8, 4) is 0 Å². The molecule has 0 heterocycles. The molecule has 0 saturated carbocycles. The molecule has 1 rings (SSSR count). The van der Waals surface area contributed by atoms with Gasteiger partial charge >= 0.3 is 5.97 Å². The summed E-state index contributed by atoms with van der Waals surface area (Å²) in [4.78, 5) is 23.0. The van der Waals surface area contributed by atoms with Crippen molar-refractivity contribution in [2.24, 2.45) is 5.41 Å². The first kappa shape index (κ1) is 16.2. The van der Waals surface area contributed by atoms with Gasteiger partial charge in [-0.1, -0.05) is 44.2 Å². The van der Waals surface area contributed by atoms with Gasteiger partial charge in [0.1, 0.15) is 0 Å². The molecular weight excluding hydrogens is 254 g/mol. The third kappa shape index (κ3) is 4.37. The largest absolute Gasteiger partial charge is 0.481 e. The number of rotatable bonds is 6. The SMILES string of the molecule is CC(C)(CNC(=O)CC(C)(C)c1ccccc1)C(=O)O. The molecule has 0 spiro atoms. The Balaban J connectivity index is 2.61. The lowest BCUT2D eigenvalue weighted by molar-refractivity contribution is -0.146. The van der Waals surface area contributed by atoms with Crippen LogP contribution in [0.25, 0.3) is 0 Å². The standard InChI is InChI=1S/C16H23NO3/c1-15(2,12-8-6-5-7-9-12)10-13(18)17-11-16(3,4)14(19)20/h5-9H,10-11H2,1-4H3,(H,17,18)(H,19,20). The summed E-state index contributed by atoms with van der Waals surface area (Å²) in [6.45, 7) is 7.33. The highest BCUT2D eigenvalue weighted by Crippen LogP contribution is 2.26. The van der Waals surface area contributed by atoms with Gasteiger partial charge in [0.25, 0.3) is 0 Å². The Labute approximate surface area is 120 Å². The van der Waals surface area contributed by atoms with Crippen molar-refractivity contribution in [2.75, 3.05) is 6.54 Å². The summed E-state index contributed by atoms with van der Waals surface area (Å²) in [7, 11) is 0. The molecule has 0 unspecified atom stereocenters. The highest BCUT2D eigenvalue weighted by atomic mass is 16.4. The zero-order valence-electron chi connectivity index (χ0n) is 12.6. The fourth-order valence-electron chi connectivity index (χ4n) is 1.85. The van der Waals surface area contributed by atoms with Gasteiger partial charge in [0.2, 0.25) is 5.91 Å². The second-order valence-electron chi connectivity index (χ2n) is 6.39. The molecule has 0 atom stereocenters. The number of aliphatic carboxylic acids is 1. The van der Waals surface area contributed by atoms with Crippen molar-refractivity contribution in [1.29, 1.82) is 0 Å². The van der Waals surface area contributed by atoms with E-state index in [2.05, 4.69) is 5.32 Å². The van der Waals surface area contributed by atoms with Gasteiger partial charge in [-0.3, -0.25) is 9.59 Å². The van der Waals surface area contributed by atoms with Crippen molar-refractivity contribution in [1.82, 2.24) is 5.32 Å². The van der Waals surface area contributed by atoms with Crippen molar-refractivity contribution in [3.63, 3.8) is 0 Å². The first-order chi connectivity index (χ1) is 9.15. The van der Waals surface area contributed by atoms with Crippen LogP contribution in [0.3, 0.4) is 0 Å². The molecule has 4 heteroatoms. The molecule has 0 aromatic heterocycles. The number of hydrogen-bond acceptors (Lipinski definition) is 2. The van der Waals surface area contributed by atoms with Crippen LogP contribution in [0.15, 0.2) is 30.3 Å². The number of carbonyl (C=O) groups is 2. The van der Waals surface area contributed by atoms with E-state index in [1.165, 1.54) is 0 Å². The first-order valence-corrected chi connectivity index (χ1v) is 6.71. The third-order valence-corrected chi connectivity index (χ3v) is 3.46. The average molecular weight is 277 g/mol. The number of nitrogens with one attached hydrogen (secondary N) is 1. The Kier molecular flexibility index (Phi) is 4.93. The summed E-state index contributed by atoms with van der Waals surface area (Å²) in [5.41, 5.74) is -0.140. The quantitative estimate of drug-likeness (QED) is 0.840. The summed E-state index contributed by atoms with van der Waals surface area (Å²) in [6, 6.07) is 9.82. The molecular formula is C16H23NO3. The minimum Gasteiger partial charge on any atom is -0.481 e. The number of hydrogen-bond donors (Lipinski definition) is 2. The van der Waals surface area contributed by atoms with E-state index < -0.39 is 11.4 Å². The Hall–Kier alpha value is -1.84. The van der Waals surface area contributed by atoms with Gasteiger partial charge in [0.15, 0.2) is 0 Å². The van der Waals surface area contributed by atoms with E-state index in [9.17, 15) is 9.59 Å². The molecule has 0 saturated heterocycles. The smallest absolute Gasteiger partial charge is 0.310 e. The molecule has 4 nitrogen and oxygen atoms in total. The molecule has 1 amide bonds. The van der Waals surface area contributed by atoms with Gasteiger partial charge < -0.3 is 10.4 Å². The second-order valence-corrected chi connectivity index (χ2v) is 6.39. The molecule has 2 N–H and O–H groups in total. The summed E-state index contributed by atoms with van der Waals surface area (Å²) in [5, 5.41) is 11.7. The average Bonchev–Trinajstić information content (AvgIpc) is 2.37. The molecule has 0 fully saturated rings. The fourth-order valence-corrected chi connectivity index (χ4v) is 1.85. The van der Waals surface area contributed by atoms with E-state index in [1.54, 1.807) is 13.8 Å². The summed E-state index contributed by atoms with van der Waals surface area (Å²) >= 11 is 0. The van der Waals surface area contributed by atoms with Gasteiger partial charge in [-0.05, 0) is 24.8 Å². The first-order valence-electron chi connectivity index (χ1n) is 6.71. The maximum Gasteiger partial charge on any atom is 0.310 e. The van der Waals surface area contributed by atoms with Gasteiger partial charge in [-0.2, -0.15) is 0 Å². The molecule has 0 aliphatic rings. The van der Waals surface area contributed by atoms with E-state index in [-0.39, 0.29) is 17.9 Å². The predicted octanol–water partition coefficient (Wildman–Crippen LogP) is 2.58. The van der Waals surface area contributed by atoms with Crippen molar-refractivity contribution in [3.05, 3.63) is 35.9 Å². The van der Waals surface area contributed by atoms with E-state index in [4.69, 9.17) is 5.11 Å². The number of carboxylic acids is 1. The molecule has 1 aromatic rings. The van der Waals surface area contributed by atoms with Crippen LogP contribution < -0.4 is 5.32 Å².